The molecule has 2 aliphatic carbocycles. The summed E-state index contributed by atoms with van der Waals surface area (Å²) in [5.41, 5.74) is 16.1. The highest BCUT2D eigenvalue weighted by atomic mass is 15.0. The van der Waals surface area contributed by atoms with Crippen molar-refractivity contribution in [2.24, 2.45) is 15.7 Å². The molecule has 3 heteroatoms. The second-order valence-electron chi connectivity index (χ2n) is 8.83. The average molecular weight is 432 g/mol. The number of benzene rings is 3. The fraction of sp³-hybridized carbons (Fsp3) is 0.200. The van der Waals surface area contributed by atoms with Gasteiger partial charge in [-0.05, 0) is 72.6 Å². The van der Waals surface area contributed by atoms with Crippen LogP contribution >= 0.6 is 0 Å². The van der Waals surface area contributed by atoms with Crippen LogP contribution in [0.1, 0.15) is 57.3 Å². The van der Waals surface area contributed by atoms with Crippen LogP contribution in [-0.2, 0) is 19.4 Å². The quantitative estimate of drug-likeness (QED) is 0.384. The Morgan fingerprint density at radius 1 is 0.788 bits per heavy atom. The smallest absolute Gasteiger partial charge is 0.157 e. The topological polar surface area (TPSA) is 50.7 Å². The van der Waals surface area contributed by atoms with E-state index >= 15 is 0 Å². The minimum absolute atomic E-state index is 0.490. The van der Waals surface area contributed by atoms with Gasteiger partial charge < -0.3 is 5.73 Å². The van der Waals surface area contributed by atoms with Gasteiger partial charge in [0.25, 0.3) is 0 Å². The van der Waals surface area contributed by atoms with Gasteiger partial charge in [0.2, 0.25) is 0 Å². The van der Waals surface area contributed by atoms with E-state index in [9.17, 15) is 0 Å². The van der Waals surface area contributed by atoms with Gasteiger partial charge >= 0.3 is 0 Å². The predicted molar refractivity (Wildman–Crippen MR) is 140 cm³/mol. The Balaban J connectivity index is 1.48. The SMILES string of the molecule is Cc1ccc(C(N=C(N)c2ccc3c(c2)C=CCC3)=NCc2ccc3c(c2)C=CCC3)cc1. The van der Waals surface area contributed by atoms with Crippen molar-refractivity contribution >= 4 is 23.8 Å². The summed E-state index contributed by atoms with van der Waals surface area (Å²) in [4.78, 5) is 9.71. The minimum Gasteiger partial charge on any atom is -0.383 e. The first kappa shape index (κ1) is 21.1. The van der Waals surface area contributed by atoms with Crippen LogP contribution in [-0.4, -0.2) is 11.7 Å². The number of nitrogens with two attached hydrogens (primary N) is 1. The summed E-state index contributed by atoms with van der Waals surface area (Å²) < 4.78 is 0. The molecule has 3 nitrogen and oxygen atoms in total. The first-order valence-electron chi connectivity index (χ1n) is 11.7. The van der Waals surface area contributed by atoms with Crippen LogP contribution in [0.2, 0.25) is 0 Å². The predicted octanol–water partition coefficient (Wildman–Crippen LogP) is 6.27. The molecule has 0 radical (unpaired) electrons. The van der Waals surface area contributed by atoms with E-state index in [-0.39, 0.29) is 0 Å². The number of hydrogen-bond donors (Lipinski definition) is 1. The zero-order chi connectivity index (χ0) is 22.6. The molecule has 0 unspecified atom stereocenters. The van der Waals surface area contributed by atoms with Gasteiger partial charge in [0.15, 0.2) is 5.84 Å². The number of rotatable bonds is 4. The van der Waals surface area contributed by atoms with Gasteiger partial charge in [0.05, 0.1) is 6.54 Å². The molecule has 0 saturated carbocycles. The highest BCUT2D eigenvalue weighted by molar-refractivity contribution is 6.11. The maximum atomic E-state index is 6.49. The van der Waals surface area contributed by atoms with Gasteiger partial charge in [-0.3, -0.25) is 4.99 Å². The highest BCUT2D eigenvalue weighted by Crippen LogP contribution is 2.22. The van der Waals surface area contributed by atoms with Crippen LogP contribution < -0.4 is 5.73 Å². The zero-order valence-corrected chi connectivity index (χ0v) is 19.1. The second kappa shape index (κ2) is 9.41. The van der Waals surface area contributed by atoms with E-state index in [1.165, 1.54) is 33.4 Å². The first-order valence-corrected chi connectivity index (χ1v) is 11.7. The number of aryl methyl sites for hydroxylation is 3. The number of aliphatic imine (C=N–C) groups is 2. The molecule has 0 heterocycles. The molecule has 5 rings (SSSR count). The lowest BCUT2D eigenvalue weighted by atomic mass is 9.95. The lowest BCUT2D eigenvalue weighted by molar-refractivity contribution is 0.975. The summed E-state index contributed by atoms with van der Waals surface area (Å²) in [5.74, 6) is 1.15. The molecule has 0 fully saturated rings. The normalized spacial score (nSPS) is 15.3. The number of hydrogen-bond acceptors (Lipinski definition) is 1. The third-order valence-electron chi connectivity index (χ3n) is 6.35. The summed E-state index contributed by atoms with van der Waals surface area (Å²) in [6.07, 6.45) is 13.3. The second-order valence-corrected chi connectivity index (χ2v) is 8.83. The Kier molecular flexibility index (Phi) is 6.03. The van der Waals surface area contributed by atoms with E-state index in [2.05, 4.69) is 91.9 Å². The molecular weight excluding hydrogens is 402 g/mol. The summed E-state index contributed by atoms with van der Waals surface area (Å²) in [7, 11) is 0. The summed E-state index contributed by atoms with van der Waals surface area (Å²) >= 11 is 0. The molecule has 0 atom stereocenters. The lowest BCUT2D eigenvalue weighted by Crippen LogP contribution is -2.17. The number of nitrogens with zero attached hydrogens (tertiary/aromatic N) is 2. The largest absolute Gasteiger partial charge is 0.383 e. The van der Waals surface area contributed by atoms with E-state index in [1.807, 2.05) is 0 Å². The number of fused-ring (bicyclic) bond motifs is 2. The fourth-order valence-electron chi connectivity index (χ4n) is 4.40. The molecule has 3 aromatic carbocycles. The average Bonchev–Trinajstić information content (AvgIpc) is 2.86. The molecule has 0 spiro atoms. The molecule has 2 N–H and O–H groups in total. The van der Waals surface area contributed by atoms with E-state index in [0.29, 0.717) is 18.2 Å². The maximum Gasteiger partial charge on any atom is 0.157 e. The zero-order valence-electron chi connectivity index (χ0n) is 19.1. The monoisotopic (exact) mass is 431 g/mol. The van der Waals surface area contributed by atoms with E-state index < -0.39 is 0 Å². The third-order valence-corrected chi connectivity index (χ3v) is 6.35. The van der Waals surface area contributed by atoms with Crippen molar-refractivity contribution in [3.63, 3.8) is 0 Å². The molecule has 33 heavy (non-hydrogen) atoms. The molecule has 3 aromatic rings. The van der Waals surface area contributed by atoms with E-state index in [4.69, 9.17) is 15.7 Å². The van der Waals surface area contributed by atoms with Crippen LogP contribution in [0, 0.1) is 6.92 Å². The van der Waals surface area contributed by atoms with Crippen LogP contribution in [0.5, 0.6) is 0 Å². The van der Waals surface area contributed by atoms with Crippen molar-refractivity contribution in [3.05, 3.63) is 117 Å². The first-order chi connectivity index (χ1) is 16.2. The molecule has 0 aromatic heterocycles. The van der Waals surface area contributed by atoms with Gasteiger partial charge in [-0.25, -0.2) is 4.99 Å². The van der Waals surface area contributed by atoms with Gasteiger partial charge in [0.1, 0.15) is 5.84 Å². The summed E-state index contributed by atoms with van der Waals surface area (Å²) in [6.45, 7) is 2.65. The number of allylic oxidation sites excluding steroid dienone is 2. The van der Waals surface area contributed by atoms with Gasteiger partial charge in [-0.1, -0.05) is 78.4 Å². The number of amidine groups is 2. The Morgan fingerprint density at radius 3 is 2.15 bits per heavy atom. The van der Waals surface area contributed by atoms with Gasteiger partial charge in [0, 0.05) is 11.1 Å². The molecule has 2 aliphatic rings. The van der Waals surface area contributed by atoms with Crippen LogP contribution in [0.15, 0.2) is 82.8 Å². The molecule has 0 saturated heterocycles. The molecule has 164 valence electrons. The molecule has 0 bridgehead atoms. The van der Waals surface area contributed by atoms with Crippen molar-refractivity contribution in [3.8, 4) is 0 Å². The van der Waals surface area contributed by atoms with Crippen molar-refractivity contribution in [1.29, 1.82) is 0 Å². The Labute approximate surface area is 196 Å². The van der Waals surface area contributed by atoms with Crippen LogP contribution in [0.25, 0.3) is 12.2 Å². The maximum absolute atomic E-state index is 6.49. The minimum atomic E-state index is 0.490. The molecule has 0 aliphatic heterocycles. The van der Waals surface area contributed by atoms with Crippen molar-refractivity contribution in [2.75, 3.05) is 0 Å². The fourth-order valence-corrected chi connectivity index (χ4v) is 4.40. The Morgan fingerprint density at radius 2 is 1.42 bits per heavy atom. The summed E-state index contributed by atoms with van der Waals surface area (Å²) in [5, 5.41) is 0. The third kappa shape index (κ3) is 4.88. The molecule has 0 amide bonds. The lowest BCUT2D eigenvalue weighted by Gasteiger charge is -2.12. The van der Waals surface area contributed by atoms with Gasteiger partial charge in [-0.2, -0.15) is 0 Å². The van der Waals surface area contributed by atoms with Crippen LogP contribution in [0.4, 0.5) is 0 Å². The Bertz CT molecular complexity index is 1290. The van der Waals surface area contributed by atoms with E-state index in [1.54, 1.807) is 0 Å². The standard InChI is InChI=1S/C30H29N3/c1-21-10-13-25(14-11-21)30(32-20-22-12-15-23-6-2-4-8-26(23)18-22)33-29(31)28-17-16-24-7-3-5-9-27(24)19-28/h4-5,8-19H,2-3,6-7,20H2,1H3,(H2,31,32,33). The Hall–Kier alpha value is -3.72. The van der Waals surface area contributed by atoms with Crippen molar-refractivity contribution in [2.45, 2.75) is 39.2 Å². The van der Waals surface area contributed by atoms with E-state index in [0.717, 1.165) is 36.8 Å². The highest BCUT2D eigenvalue weighted by Gasteiger charge is 2.10. The van der Waals surface area contributed by atoms with Crippen molar-refractivity contribution in [1.82, 2.24) is 0 Å². The van der Waals surface area contributed by atoms with Gasteiger partial charge in [-0.15, -0.1) is 0 Å². The van der Waals surface area contributed by atoms with Crippen molar-refractivity contribution < 1.29 is 0 Å². The molecular formula is C30H29N3. The van der Waals surface area contributed by atoms with Crippen LogP contribution in [0.3, 0.4) is 0 Å². The summed E-state index contributed by atoms with van der Waals surface area (Å²) in [6, 6.07) is 21.3.